The van der Waals surface area contributed by atoms with Crippen molar-refractivity contribution in [3.8, 4) is 0 Å². The number of hydrogen-bond donors (Lipinski definition) is 0. The zero-order valence-electron chi connectivity index (χ0n) is 10.5. The molecule has 0 spiro atoms. The number of alkyl halides is 2. The van der Waals surface area contributed by atoms with Gasteiger partial charge in [-0.15, -0.1) is 23.2 Å². The van der Waals surface area contributed by atoms with Gasteiger partial charge in [-0.25, -0.2) is 0 Å². The first-order valence-corrected chi connectivity index (χ1v) is 6.86. The molecule has 2 heteroatoms. The molecule has 0 heterocycles. The highest BCUT2D eigenvalue weighted by molar-refractivity contribution is 6.45. The summed E-state index contributed by atoms with van der Waals surface area (Å²) in [5.74, 6) is 0.0227. The third-order valence-electron chi connectivity index (χ3n) is 3.12. The zero-order chi connectivity index (χ0) is 13.1. The quantitative estimate of drug-likeness (QED) is 0.674. The highest BCUT2D eigenvalue weighted by Gasteiger charge is 2.21. The van der Waals surface area contributed by atoms with Gasteiger partial charge in [0, 0.05) is 5.92 Å². The van der Waals surface area contributed by atoms with Gasteiger partial charge in [-0.1, -0.05) is 59.7 Å². The van der Waals surface area contributed by atoms with E-state index in [0.717, 1.165) is 11.1 Å². The Bertz CT molecular complexity index is 452. The van der Waals surface area contributed by atoms with Gasteiger partial charge in [-0.3, -0.25) is 0 Å². The highest BCUT2D eigenvalue weighted by Crippen LogP contribution is 2.33. The van der Waals surface area contributed by atoms with Crippen molar-refractivity contribution in [3.05, 3.63) is 70.8 Å². The van der Waals surface area contributed by atoms with Gasteiger partial charge in [-0.05, 0) is 25.0 Å². The fourth-order valence-electron chi connectivity index (χ4n) is 2.03. The third kappa shape index (κ3) is 3.07. The molecule has 94 valence electrons. The molecule has 0 aromatic heterocycles. The first kappa shape index (κ1) is 13.5. The third-order valence-corrected chi connectivity index (χ3v) is 3.63. The molecule has 0 aliphatic heterocycles. The van der Waals surface area contributed by atoms with Gasteiger partial charge in [0.05, 0.1) is 0 Å². The van der Waals surface area contributed by atoms with E-state index in [1.165, 1.54) is 11.1 Å². The van der Waals surface area contributed by atoms with Crippen LogP contribution in [0.1, 0.15) is 28.2 Å². The van der Waals surface area contributed by atoms with Crippen LogP contribution in [0.2, 0.25) is 0 Å². The summed E-state index contributed by atoms with van der Waals surface area (Å²) in [5, 5.41) is 0. The van der Waals surface area contributed by atoms with E-state index in [1.807, 2.05) is 0 Å². The van der Waals surface area contributed by atoms with E-state index >= 15 is 0 Å². The summed E-state index contributed by atoms with van der Waals surface area (Å²) >= 11 is 12.3. The van der Waals surface area contributed by atoms with Crippen LogP contribution in [0.4, 0.5) is 0 Å². The lowest BCUT2D eigenvalue weighted by atomic mass is 9.92. The van der Waals surface area contributed by atoms with Crippen LogP contribution in [0.25, 0.3) is 0 Å². The van der Waals surface area contributed by atoms with E-state index in [4.69, 9.17) is 23.2 Å². The van der Waals surface area contributed by atoms with Crippen LogP contribution in [0, 0.1) is 13.8 Å². The van der Waals surface area contributed by atoms with E-state index in [9.17, 15) is 0 Å². The van der Waals surface area contributed by atoms with Crippen molar-refractivity contribution in [3.63, 3.8) is 0 Å². The van der Waals surface area contributed by atoms with E-state index < -0.39 is 4.84 Å². The van der Waals surface area contributed by atoms with Crippen LogP contribution in [-0.4, -0.2) is 4.84 Å². The van der Waals surface area contributed by atoms with Crippen molar-refractivity contribution in [1.29, 1.82) is 0 Å². The van der Waals surface area contributed by atoms with Crippen LogP contribution in [0.15, 0.2) is 48.5 Å². The summed E-state index contributed by atoms with van der Waals surface area (Å²) in [7, 11) is 0. The molecule has 0 bridgehead atoms. The van der Waals surface area contributed by atoms with E-state index in [-0.39, 0.29) is 5.92 Å². The maximum Gasteiger partial charge on any atom is 0.118 e. The smallest absolute Gasteiger partial charge is 0.104 e. The van der Waals surface area contributed by atoms with Crippen molar-refractivity contribution < 1.29 is 0 Å². The van der Waals surface area contributed by atoms with Crippen LogP contribution >= 0.6 is 23.2 Å². The molecule has 2 rings (SSSR count). The maximum atomic E-state index is 6.16. The molecule has 0 N–H and O–H groups in total. The van der Waals surface area contributed by atoms with Crippen molar-refractivity contribution >= 4 is 23.2 Å². The predicted molar refractivity (Wildman–Crippen MR) is 79.7 cm³/mol. The van der Waals surface area contributed by atoms with Gasteiger partial charge in [0.2, 0.25) is 0 Å². The normalized spacial score (nSPS) is 11.2. The average Bonchev–Trinajstić information content (AvgIpc) is 2.34. The Kier molecular flexibility index (Phi) is 4.31. The minimum Gasteiger partial charge on any atom is -0.104 e. The van der Waals surface area contributed by atoms with Gasteiger partial charge in [0.15, 0.2) is 0 Å². The fourth-order valence-corrected chi connectivity index (χ4v) is 2.61. The molecule has 0 fully saturated rings. The summed E-state index contributed by atoms with van der Waals surface area (Å²) < 4.78 is 0. The van der Waals surface area contributed by atoms with E-state index in [0.29, 0.717) is 0 Å². The van der Waals surface area contributed by atoms with Crippen LogP contribution in [-0.2, 0) is 0 Å². The lowest BCUT2D eigenvalue weighted by molar-refractivity contribution is 0.885. The number of hydrogen-bond acceptors (Lipinski definition) is 0. The predicted octanol–water partition coefficient (Wildman–Crippen LogP) is 5.24. The molecule has 0 aliphatic carbocycles. The van der Waals surface area contributed by atoms with Crippen molar-refractivity contribution in [2.24, 2.45) is 0 Å². The highest BCUT2D eigenvalue weighted by atomic mass is 35.5. The molecule has 0 saturated heterocycles. The molecular weight excluding hydrogens is 263 g/mol. The Hall–Kier alpha value is -0.980. The Morgan fingerprint density at radius 3 is 1.28 bits per heavy atom. The lowest BCUT2D eigenvalue weighted by Crippen LogP contribution is -2.09. The first-order valence-electron chi connectivity index (χ1n) is 5.99. The second kappa shape index (κ2) is 5.77. The Morgan fingerprint density at radius 2 is 1.00 bits per heavy atom. The average molecular weight is 279 g/mol. The Balaban J connectivity index is 2.39. The van der Waals surface area contributed by atoms with E-state index in [1.54, 1.807) is 0 Å². The molecule has 0 amide bonds. The Morgan fingerprint density at radius 1 is 0.667 bits per heavy atom. The summed E-state index contributed by atoms with van der Waals surface area (Å²) in [6.45, 7) is 4.15. The summed E-state index contributed by atoms with van der Waals surface area (Å²) in [4.78, 5) is -0.449. The maximum absolute atomic E-state index is 6.16. The standard InChI is InChI=1S/C16H16Cl2/c1-11-3-7-13(8-4-11)15(16(17)18)14-9-5-12(2)6-10-14/h3-10,15-16H,1-2H3. The second-order valence-corrected chi connectivity index (χ2v) is 5.80. The molecular formula is C16H16Cl2. The molecule has 0 unspecified atom stereocenters. The van der Waals surface area contributed by atoms with Crippen molar-refractivity contribution in [2.45, 2.75) is 24.6 Å². The summed E-state index contributed by atoms with van der Waals surface area (Å²) in [5.41, 5.74) is 4.78. The van der Waals surface area contributed by atoms with Gasteiger partial charge >= 0.3 is 0 Å². The second-order valence-electron chi connectivity index (χ2n) is 4.63. The fraction of sp³-hybridized carbons (Fsp3) is 0.250. The van der Waals surface area contributed by atoms with Crippen LogP contribution in [0.5, 0.6) is 0 Å². The Labute approximate surface area is 119 Å². The number of halogens is 2. The summed E-state index contributed by atoms with van der Waals surface area (Å²) in [6.07, 6.45) is 0. The topological polar surface area (TPSA) is 0 Å². The molecule has 0 radical (unpaired) electrons. The number of aryl methyl sites for hydroxylation is 2. The molecule has 0 aliphatic rings. The monoisotopic (exact) mass is 278 g/mol. The van der Waals surface area contributed by atoms with Crippen LogP contribution < -0.4 is 0 Å². The SMILES string of the molecule is Cc1ccc(C(c2ccc(C)cc2)C(Cl)Cl)cc1. The van der Waals surface area contributed by atoms with Crippen molar-refractivity contribution in [2.75, 3.05) is 0 Å². The molecule has 18 heavy (non-hydrogen) atoms. The minimum atomic E-state index is -0.449. The molecule has 0 saturated carbocycles. The molecule has 0 nitrogen and oxygen atoms in total. The minimum absolute atomic E-state index is 0.0227. The summed E-state index contributed by atoms with van der Waals surface area (Å²) in [6, 6.07) is 16.7. The molecule has 0 atom stereocenters. The van der Waals surface area contributed by atoms with Crippen LogP contribution in [0.3, 0.4) is 0 Å². The van der Waals surface area contributed by atoms with Gasteiger partial charge in [-0.2, -0.15) is 0 Å². The number of rotatable bonds is 3. The van der Waals surface area contributed by atoms with Gasteiger partial charge in [0.25, 0.3) is 0 Å². The lowest BCUT2D eigenvalue weighted by Gasteiger charge is -2.19. The van der Waals surface area contributed by atoms with Gasteiger partial charge in [0.1, 0.15) is 4.84 Å². The van der Waals surface area contributed by atoms with Gasteiger partial charge < -0.3 is 0 Å². The van der Waals surface area contributed by atoms with Crippen molar-refractivity contribution in [1.82, 2.24) is 0 Å². The van der Waals surface area contributed by atoms with E-state index in [2.05, 4.69) is 62.4 Å². The number of benzene rings is 2. The zero-order valence-corrected chi connectivity index (χ0v) is 12.0. The largest absolute Gasteiger partial charge is 0.118 e. The molecule has 2 aromatic carbocycles. The molecule has 2 aromatic rings. The first-order chi connectivity index (χ1) is 8.58.